The van der Waals surface area contributed by atoms with Crippen LogP contribution in [-0.4, -0.2) is 15.6 Å². The maximum Gasteiger partial charge on any atom is 0.313 e. The molecule has 2 rings (SSSR count). The van der Waals surface area contributed by atoms with Crippen LogP contribution in [0.4, 0.5) is 0 Å². The Kier molecular flexibility index (Phi) is 2.66. The first-order chi connectivity index (χ1) is 7.84. The lowest BCUT2D eigenvalue weighted by Crippen LogP contribution is -2.28. The van der Waals surface area contributed by atoms with E-state index in [2.05, 4.69) is 0 Å². The fraction of sp³-hybridized carbons (Fsp3) is 0.308. The summed E-state index contributed by atoms with van der Waals surface area (Å²) in [7, 11) is 1.90. The van der Waals surface area contributed by atoms with Gasteiger partial charge < -0.3 is 9.67 Å². The number of hydrogen-bond donors (Lipinski definition) is 1. The van der Waals surface area contributed by atoms with E-state index in [9.17, 15) is 9.90 Å². The molecule has 1 aromatic heterocycles. The molecule has 3 nitrogen and oxygen atoms in total. The molecule has 0 aliphatic heterocycles. The van der Waals surface area contributed by atoms with Gasteiger partial charge >= 0.3 is 5.97 Å². The predicted octanol–water partition coefficient (Wildman–Crippen LogP) is 3.19. The highest BCUT2D eigenvalue weighted by Gasteiger charge is 2.32. The van der Waals surface area contributed by atoms with Gasteiger partial charge in [0, 0.05) is 29.2 Å². The molecule has 0 aliphatic carbocycles. The molecule has 17 heavy (non-hydrogen) atoms. The van der Waals surface area contributed by atoms with Crippen molar-refractivity contribution in [3.8, 4) is 0 Å². The molecular weight excluding hydrogens is 238 g/mol. The molecule has 1 heterocycles. The lowest BCUT2D eigenvalue weighted by Gasteiger charge is -2.18. The highest BCUT2D eigenvalue weighted by molar-refractivity contribution is 6.31. The van der Waals surface area contributed by atoms with E-state index >= 15 is 0 Å². The van der Waals surface area contributed by atoms with Gasteiger partial charge in [0.1, 0.15) is 0 Å². The number of halogens is 1. The Morgan fingerprint density at radius 1 is 1.41 bits per heavy atom. The summed E-state index contributed by atoms with van der Waals surface area (Å²) in [6.45, 7) is 3.40. The van der Waals surface area contributed by atoms with E-state index in [1.165, 1.54) is 0 Å². The average Bonchev–Trinajstić information content (AvgIpc) is 2.56. The molecule has 0 saturated heterocycles. The topological polar surface area (TPSA) is 42.2 Å². The first kappa shape index (κ1) is 12.0. The van der Waals surface area contributed by atoms with Gasteiger partial charge in [0.25, 0.3) is 0 Å². The Balaban J connectivity index is 2.79. The van der Waals surface area contributed by atoms with Crippen molar-refractivity contribution in [3.05, 3.63) is 35.0 Å². The summed E-state index contributed by atoms with van der Waals surface area (Å²) in [6, 6.07) is 5.53. The first-order valence-corrected chi connectivity index (χ1v) is 5.70. The second-order valence-corrected chi connectivity index (χ2v) is 5.18. The standard InChI is InChI=1S/C13H14ClNO2/c1-13(2,12(16)17)10-7-15(3)11-5-4-8(14)6-9(10)11/h4-7H,1-3H3,(H,16,17). The third kappa shape index (κ3) is 1.80. The molecule has 2 aromatic rings. The minimum atomic E-state index is -0.926. The minimum Gasteiger partial charge on any atom is -0.481 e. The fourth-order valence-electron chi connectivity index (χ4n) is 1.98. The Hall–Kier alpha value is -1.48. The first-order valence-electron chi connectivity index (χ1n) is 5.32. The van der Waals surface area contributed by atoms with E-state index < -0.39 is 11.4 Å². The molecule has 90 valence electrons. The van der Waals surface area contributed by atoms with Gasteiger partial charge in [-0.05, 0) is 37.6 Å². The Morgan fingerprint density at radius 2 is 2.06 bits per heavy atom. The van der Waals surface area contributed by atoms with E-state index in [1.54, 1.807) is 19.9 Å². The maximum atomic E-state index is 11.3. The van der Waals surface area contributed by atoms with Crippen LogP contribution in [0.5, 0.6) is 0 Å². The molecule has 1 N–H and O–H groups in total. The Morgan fingerprint density at radius 3 is 2.65 bits per heavy atom. The molecule has 0 atom stereocenters. The Labute approximate surface area is 105 Å². The molecule has 0 bridgehead atoms. The number of aliphatic carboxylic acids is 1. The summed E-state index contributed by atoms with van der Waals surface area (Å²) < 4.78 is 1.92. The van der Waals surface area contributed by atoms with Crippen molar-refractivity contribution in [2.24, 2.45) is 7.05 Å². The summed E-state index contributed by atoms with van der Waals surface area (Å²) in [6.07, 6.45) is 1.86. The molecule has 0 radical (unpaired) electrons. The lowest BCUT2D eigenvalue weighted by molar-refractivity contribution is -0.142. The summed E-state index contributed by atoms with van der Waals surface area (Å²) in [5, 5.41) is 10.8. The molecular formula is C13H14ClNO2. The number of aromatic nitrogens is 1. The quantitative estimate of drug-likeness (QED) is 0.891. The van der Waals surface area contributed by atoms with Crippen molar-refractivity contribution in [1.82, 2.24) is 4.57 Å². The minimum absolute atomic E-state index is 0.617. The van der Waals surface area contributed by atoms with Gasteiger partial charge in [-0.25, -0.2) is 0 Å². The van der Waals surface area contributed by atoms with Crippen LogP contribution in [0, 0.1) is 0 Å². The van der Waals surface area contributed by atoms with Crippen LogP contribution < -0.4 is 0 Å². The SMILES string of the molecule is Cn1cc(C(C)(C)C(=O)O)c2cc(Cl)ccc21. The van der Waals surface area contributed by atoms with Gasteiger partial charge in [-0.2, -0.15) is 0 Å². The third-order valence-electron chi connectivity index (χ3n) is 3.16. The highest BCUT2D eigenvalue weighted by atomic mass is 35.5. The number of nitrogens with zero attached hydrogens (tertiary/aromatic N) is 1. The van der Waals surface area contributed by atoms with Crippen molar-refractivity contribution >= 4 is 28.5 Å². The number of fused-ring (bicyclic) bond motifs is 1. The van der Waals surface area contributed by atoms with Crippen molar-refractivity contribution in [2.45, 2.75) is 19.3 Å². The zero-order valence-electron chi connectivity index (χ0n) is 9.99. The highest BCUT2D eigenvalue weighted by Crippen LogP contribution is 2.33. The van der Waals surface area contributed by atoms with Crippen molar-refractivity contribution < 1.29 is 9.90 Å². The summed E-state index contributed by atoms with van der Waals surface area (Å²) in [5.41, 5.74) is 0.841. The summed E-state index contributed by atoms with van der Waals surface area (Å²) in [5.74, 6) is -0.843. The zero-order valence-corrected chi connectivity index (χ0v) is 10.7. The smallest absolute Gasteiger partial charge is 0.313 e. The molecule has 0 unspecified atom stereocenters. The average molecular weight is 252 g/mol. The van der Waals surface area contributed by atoms with Gasteiger partial charge in [0.05, 0.1) is 5.41 Å². The number of benzene rings is 1. The van der Waals surface area contributed by atoms with Crippen LogP contribution >= 0.6 is 11.6 Å². The van der Waals surface area contributed by atoms with E-state index in [0.29, 0.717) is 5.02 Å². The molecule has 0 amide bonds. The number of carbonyl (C=O) groups is 1. The van der Waals surface area contributed by atoms with Gasteiger partial charge in [0.2, 0.25) is 0 Å². The normalized spacial score (nSPS) is 12.0. The van der Waals surface area contributed by atoms with Crippen molar-refractivity contribution in [1.29, 1.82) is 0 Å². The molecule has 0 spiro atoms. The van der Waals surface area contributed by atoms with Crippen LogP contribution in [0.3, 0.4) is 0 Å². The number of aryl methyl sites for hydroxylation is 1. The van der Waals surface area contributed by atoms with Gasteiger partial charge in [-0.1, -0.05) is 11.6 Å². The van der Waals surface area contributed by atoms with Crippen molar-refractivity contribution in [3.63, 3.8) is 0 Å². The van der Waals surface area contributed by atoms with E-state index in [-0.39, 0.29) is 0 Å². The number of carboxylic acids is 1. The third-order valence-corrected chi connectivity index (χ3v) is 3.39. The summed E-state index contributed by atoms with van der Waals surface area (Å²) in [4.78, 5) is 11.3. The van der Waals surface area contributed by atoms with Gasteiger partial charge in [-0.15, -0.1) is 0 Å². The van der Waals surface area contributed by atoms with E-state index in [1.807, 2.05) is 29.9 Å². The summed E-state index contributed by atoms with van der Waals surface area (Å²) >= 11 is 5.97. The fourth-order valence-corrected chi connectivity index (χ4v) is 2.15. The molecule has 0 aliphatic rings. The molecule has 0 fully saturated rings. The van der Waals surface area contributed by atoms with Gasteiger partial charge in [-0.3, -0.25) is 4.79 Å². The number of carboxylic acid groups (broad SMARTS) is 1. The van der Waals surface area contributed by atoms with E-state index in [0.717, 1.165) is 16.5 Å². The van der Waals surface area contributed by atoms with Crippen molar-refractivity contribution in [2.75, 3.05) is 0 Å². The lowest BCUT2D eigenvalue weighted by atomic mass is 9.85. The predicted molar refractivity (Wildman–Crippen MR) is 68.6 cm³/mol. The van der Waals surface area contributed by atoms with Crippen LogP contribution in [0.25, 0.3) is 10.9 Å². The second-order valence-electron chi connectivity index (χ2n) is 4.75. The van der Waals surface area contributed by atoms with E-state index in [4.69, 9.17) is 11.6 Å². The second kappa shape index (κ2) is 3.77. The zero-order chi connectivity index (χ0) is 12.8. The maximum absolute atomic E-state index is 11.3. The Bertz CT molecular complexity index is 599. The molecule has 1 aromatic carbocycles. The number of hydrogen-bond acceptors (Lipinski definition) is 1. The largest absolute Gasteiger partial charge is 0.481 e. The van der Waals surface area contributed by atoms with Crippen LogP contribution in [0.2, 0.25) is 5.02 Å². The van der Waals surface area contributed by atoms with Crippen LogP contribution in [0.1, 0.15) is 19.4 Å². The molecule has 0 saturated carbocycles. The van der Waals surface area contributed by atoms with Gasteiger partial charge in [0.15, 0.2) is 0 Å². The van der Waals surface area contributed by atoms with Crippen LogP contribution in [-0.2, 0) is 17.3 Å². The number of rotatable bonds is 2. The van der Waals surface area contributed by atoms with Crippen LogP contribution in [0.15, 0.2) is 24.4 Å². The molecule has 4 heteroatoms. The monoisotopic (exact) mass is 251 g/mol.